The number of ether oxygens (including phenoxy) is 1. The molecule has 4 atom stereocenters. The Kier molecular flexibility index (Phi) is 9.79. The number of amides is 4. The number of urea groups is 1. The number of halogens is 1. The molecule has 1 aromatic carbocycles. The Bertz CT molecular complexity index is 896. The molecule has 0 bridgehead atoms. The van der Waals surface area contributed by atoms with Gasteiger partial charge in [-0.2, -0.15) is 0 Å². The third kappa shape index (κ3) is 7.14. The minimum Gasteiger partial charge on any atom is -0.467 e. The molecular weight excluding hydrogens is 445 g/mol. The number of hydrogen-bond acceptors (Lipinski definition) is 6. The van der Waals surface area contributed by atoms with Crippen LogP contribution in [-0.4, -0.2) is 73.6 Å². The van der Waals surface area contributed by atoms with E-state index in [1.165, 1.54) is 30.2 Å². The van der Waals surface area contributed by atoms with Crippen LogP contribution in [0.25, 0.3) is 0 Å². The maximum absolute atomic E-state index is 13.4. The number of rotatable bonds is 8. The zero-order valence-electron chi connectivity index (χ0n) is 20.2. The van der Waals surface area contributed by atoms with E-state index in [0.717, 1.165) is 0 Å². The molecule has 4 amide bonds. The van der Waals surface area contributed by atoms with Crippen molar-refractivity contribution in [2.24, 2.45) is 5.92 Å². The van der Waals surface area contributed by atoms with Crippen molar-refractivity contribution in [3.63, 3.8) is 0 Å². The van der Waals surface area contributed by atoms with Crippen molar-refractivity contribution in [3.05, 3.63) is 30.1 Å². The van der Waals surface area contributed by atoms with Gasteiger partial charge < -0.3 is 30.9 Å². The van der Waals surface area contributed by atoms with Crippen molar-refractivity contribution >= 4 is 29.5 Å². The van der Waals surface area contributed by atoms with E-state index in [-0.39, 0.29) is 24.8 Å². The number of anilines is 1. The van der Waals surface area contributed by atoms with E-state index in [1.54, 1.807) is 33.9 Å². The van der Waals surface area contributed by atoms with Gasteiger partial charge in [-0.25, -0.2) is 14.0 Å². The van der Waals surface area contributed by atoms with E-state index in [2.05, 4.69) is 21.3 Å². The van der Waals surface area contributed by atoms with Gasteiger partial charge in [0.1, 0.15) is 17.9 Å². The largest absolute Gasteiger partial charge is 0.467 e. The van der Waals surface area contributed by atoms with E-state index in [9.17, 15) is 23.6 Å². The second-order valence-corrected chi connectivity index (χ2v) is 8.64. The molecule has 0 unspecified atom stereocenters. The van der Waals surface area contributed by atoms with Gasteiger partial charge >= 0.3 is 12.0 Å². The van der Waals surface area contributed by atoms with Crippen LogP contribution in [0.1, 0.15) is 33.6 Å². The van der Waals surface area contributed by atoms with Gasteiger partial charge in [0.05, 0.1) is 13.2 Å². The number of likely N-dealkylation sites (N-methyl/N-ethyl adjacent to an activating group) is 1. The van der Waals surface area contributed by atoms with Gasteiger partial charge in [0.15, 0.2) is 0 Å². The van der Waals surface area contributed by atoms with Crippen molar-refractivity contribution in [1.82, 2.24) is 20.9 Å². The lowest BCUT2D eigenvalue weighted by Gasteiger charge is -2.40. The second kappa shape index (κ2) is 12.3. The molecular formula is C23H34FN5O5. The number of piperidine rings is 1. The lowest BCUT2D eigenvalue weighted by Crippen LogP contribution is -2.61. The van der Waals surface area contributed by atoms with E-state index >= 15 is 0 Å². The Morgan fingerprint density at radius 3 is 2.47 bits per heavy atom. The molecule has 0 spiro atoms. The highest BCUT2D eigenvalue weighted by atomic mass is 19.1. The second-order valence-electron chi connectivity index (χ2n) is 8.64. The Morgan fingerprint density at radius 1 is 1.18 bits per heavy atom. The number of carbonyl (C=O) groups is 4. The number of nitrogens with one attached hydrogen (secondary N) is 4. The van der Waals surface area contributed by atoms with Crippen molar-refractivity contribution < 1.29 is 28.3 Å². The number of esters is 1. The fourth-order valence-corrected chi connectivity index (χ4v) is 3.77. The summed E-state index contributed by atoms with van der Waals surface area (Å²) in [5.41, 5.74) is 0.292. The van der Waals surface area contributed by atoms with Gasteiger partial charge in [0, 0.05) is 18.3 Å². The summed E-state index contributed by atoms with van der Waals surface area (Å²) in [7, 11) is 2.89. The zero-order chi connectivity index (χ0) is 25.4. The summed E-state index contributed by atoms with van der Waals surface area (Å²) < 4.78 is 18.2. The Balaban J connectivity index is 2.15. The molecule has 188 valence electrons. The SMILES string of the molecule is CN[C@@H](C)C(=O)N1CC[C@H](NC(=O)Nc2cccc(F)c2)C[C@H]1C(=O)N[C@@H](C(=O)OC)C(C)C. The van der Waals surface area contributed by atoms with E-state index in [1.807, 2.05) is 0 Å². The van der Waals surface area contributed by atoms with Gasteiger partial charge in [-0.1, -0.05) is 19.9 Å². The standard InChI is InChI=1S/C23H34FN5O5/c1-13(2)19(22(32)34-5)28-20(30)18-12-17(9-10-29(18)21(31)14(3)25-4)27-23(33)26-16-8-6-7-15(24)11-16/h6-8,11,13-14,17-19,25H,9-10,12H2,1-5H3,(H,28,30)(H2,26,27,33)/t14-,17-,18-,19+/m0/s1. The first-order valence-electron chi connectivity index (χ1n) is 11.3. The highest BCUT2D eigenvalue weighted by Gasteiger charge is 2.39. The molecule has 4 N–H and O–H groups in total. The molecule has 2 rings (SSSR count). The van der Waals surface area contributed by atoms with E-state index < -0.39 is 47.9 Å². The average molecular weight is 480 g/mol. The predicted octanol–water partition coefficient (Wildman–Crippen LogP) is 1.23. The van der Waals surface area contributed by atoms with Crippen molar-refractivity contribution in [2.75, 3.05) is 26.0 Å². The molecule has 0 aliphatic carbocycles. The van der Waals surface area contributed by atoms with Crippen molar-refractivity contribution in [2.45, 2.75) is 57.8 Å². The summed E-state index contributed by atoms with van der Waals surface area (Å²) >= 11 is 0. The first-order chi connectivity index (χ1) is 16.1. The summed E-state index contributed by atoms with van der Waals surface area (Å²) in [6, 6.07) is 2.23. The number of hydrogen-bond donors (Lipinski definition) is 4. The first-order valence-corrected chi connectivity index (χ1v) is 11.3. The van der Waals surface area contributed by atoms with Gasteiger partial charge in [-0.05, 0) is 50.9 Å². The third-order valence-electron chi connectivity index (χ3n) is 5.83. The third-order valence-corrected chi connectivity index (χ3v) is 5.83. The molecule has 0 saturated carbocycles. The van der Waals surface area contributed by atoms with Crippen LogP contribution in [0.5, 0.6) is 0 Å². The Labute approximate surface area is 199 Å². The van der Waals surface area contributed by atoms with Crippen molar-refractivity contribution in [3.8, 4) is 0 Å². The summed E-state index contributed by atoms with van der Waals surface area (Å²) in [4.78, 5) is 52.2. The van der Waals surface area contributed by atoms with Crippen LogP contribution >= 0.6 is 0 Å². The van der Waals surface area contributed by atoms with Crippen LogP contribution in [0.2, 0.25) is 0 Å². The smallest absolute Gasteiger partial charge is 0.328 e. The van der Waals surface area contributed by atoms with Crippen LogP contribution in [0.15, 0.2) is 24.3 Å². The molecule has 0 aromatic heterocycles. The number of methoxy groups -OCH3 is 1. The maximum Gasteiger partial charge on any atom is 0.328 e. The minimum absolute atomic E-state index is 0.149. The molecule has 0 radical (unpaired) electrons. The maximum atomic E-state index is 13.4. The highest BCUT2D eigenvalue weighted by molar-refractivity contribution is 5.93. The molecule has 1 saturated heterocycles. The summed E-state index contributed by atoms with van der Waals surface area (Å²) in [5, 5.41) is 10.9. The van der Waals surface area contributed by atoms with Crippen LogP contribution in [0, 0.1) is 11.7 Å². The van der Waals surface area contributed by atoms with Crippen LogP contribution in [-0.2, 0) is 19.1 Å². The summed E-state index contributed by atoms with van der Waals surface area (Å²) in [6.45, 7) is 5.48. The zero-order valence-corrected chi connectivity index (χ0v) is 20.2. The monoisotopic (exact) mass is 479 g/mol. The van der Waals surface area contributed by atoms with Gasteiger partial charge in [-0.15, -0.1) is 0 Å². The van der Waals surface area contributed by atoms with Crippen LogP contribution in [0.4, 0.5) is 14.9 Å². The fourth-order valence-electron chi connectivity index (χ4n) is 3.77. The summed E-state index contributed by atoms with van der Waals surface area (Å²) in [6.07, 6.45) is 0.573. The van der Waals surface area contributed by atoms with Crippen LogP contribution in [0.3, 0.4) is 0 Å². The number of likely N-dealkylation sites (tertiary alicyclic amines) is 1. The topological polar surface area (TPSA) is 129 Å². The molecule has 1 fully saturated rings. The molecule has 10 nitrogen and oxygen atoms in total. The quantitative estimate of drug-likeness (QED) is 0.415. The van der Waals surface area contributed by atoms with Gasteiger partial charge in [0.2, 0.25) is 11.8 Å². The average Bonchev–Trinajstić information content (AvgIpc) is 2.80. The molecule has 1 aliphatic heterocycles. The molecule has 1 aromatic rings. The minimum atomic E-state index is -0.901. The van der Waals surface area contributed by atoms with Gasteiger partial charge in [0.25, 0.3) is 0 Å². The predicted molar refractivity (Wildman–Crippen MR) is 124 cm³/mol. The highest BCUT2D eigenvalue weighted by Crippen LogP contribution is 2.20. The fraction of sp³-hybridized carbons (Fsp3) is 0.565. The number of benzene rings is 1. The lowest BCUT2D eigenvalue weighted by molar-refractivity contribution is -0.149. The van der Waals surface area contributed by atoms with Gasteiger partial charge in [-0.3, -0.25) is 9.59 Å². The molecule has 1 heterocycles. The normalized spacial score (nSPS) is 19.7. The molecule has 1 aliphatic rings. The van der Waals surface area contributed by atoms with E-state index in [4.69, 9.17) is 4.74 Å². The van der Waals surface area contributed by atoms with Crippen molar-refractivity contribution in [1.29, 1.82) is 0 Å². The Hall–Kier alpha value is -3.21. The first kappa shape index (κ1) is 27.0. The van der Waals surface area contributed by atoms with Crippen LogP contribution < -0.4 is 21.3 Å². The summed E-state index contributed by atoms with van der Waals surface area (Å²) in [5.74, 6) is -2.05. The van der Waals surface area contributed by atoms with E-state index in [0.29, 0.717) is 12.1 Å². The lowest BCUT2D eigenvalue weighted by atomic mass is 9.94. The number of nitrogens with zero attached hydrogens (tertiary/aromatic N) is 1. The molecule has 34 heavy (non-hydrogen) atoms. The number of carbonyl (C=O) groups excluding carboxylic acids is 4. The Morgan fingerprint density at radius 2 is 1.88 bits per heavy atom. The molecule has 11 heteroatoms.